The van der Waals surface area contributed by atoms with E-state index >= 15 is 0 Å². The molecule has 1 heterocycles. The van der Waals surface area contributed by atoms with Gasteiger partial charge in [0.15, 0.2) is 0 Å². The van der Waals surface area contributed by atoms with Crippen molar-refractivity contribution >= 4 is 5.91 Å². The Morgan fingerprint density at radius 1 is 1.28 bits per heavy atom. The molecule has 25 heavy (non-hydrogen) atoms. The molecule has 0 spiro atoms. The molecule has 2 unspecified atom stereocenters. The first-order chi connectivity index (χ1) is 11.9. The maximum atomic E-state index is 12.6. The van der Waals surface area contributed by atoms with Crippen LogP contribution in [-0.2, 0) is 6.54 Å². The van der Waals surface area contributed by atoms with Gasteiger partial charge >= 0.3 is 0 Å². The highest BCUT2D eigenvalue weighted by molar-refractivity contribution is 5.94. The van der Waals surface area contributed by atoms with Gasteiger partial charge < -0.3 is 10.0 Å². The molecule has 1 aromatic carbocycles. The molecule has 1 aromatic heterocycles. The quantitative estimate of drug-likeness (QED) is 0.910. The molecule has 2 atom stereocenters. The number of rotatable bonds is 5. The van der Waals surface area contributed by atoms with E-state index < -0.39 is 0 Å². The molecule has 2 aromatic rings. The van der Waals surface area contributed by atoms with Crippen LogP contribution >= 0.6 is 0 Å². The van der Waals surface area contributed by atoms with Gasteiger partial charge in [0.05, 0.1) is 18.3 Å². The van der Waals surface area contributed by atoms with Crippen molar-refractivity contribution in [3.8, 4) is 0 Å². The average molecular weight is 341 g/mol. The van der Waals surface area contributed by atoms with Crippen molar-refractivity contribution in [3.05, 3.63) is 52.8 Å². The fraction of sp³-hybridized carbons (Fsp3) is 0.500. The number of aromatic nitrogens is 2. The van der Waals surface area contributed by atoms with E-state index in [1.54, 1.807) is 4.90 Å². The van der Waals surface area contributed by atoms with Crippen LogP contribution < -0.4 is 0 Å². The fourth-order valence-electron chi connectivity index (χ4n) is 3.65. The van der Waals surface area contributed by atoms with Crippen molar-refractivity contribution in [2.75, 3.05) is 13.6 Å². The Labute approximate surface area is 149 Å². The van der Waals surface area contributed by atoms with Crippen LogP contribution in [0.2, 0.25) is 0 Å². The highest BCUT2D eigenvalue weighted by Gasteiger charge is 2.27. The summed E-state index contributed by atoms with van der Waals surface area (Å²) in [6, 6.07) is 9.80. The van der Waals surface area contributed by atoms with Crippen molar-refractivity contribution in [2.24, 2.45) is 5.92 Å². The Hall–Kier alpha value is -2.14. The zero-order valence-electron chi connectivity index (χ0n) is 15.3. The second kappa shape index (κ2) is 7.40. The van der Waals surface area contributed by atoms with Crippen LogP contribution in [0.1, 0.15) is 46.6 Å². The van der Waals surface area contributed by atoms with E-state index in [0.29, 0.717) is 18.7 Å². The number of aryl methyl sites for hydroxylation is 2. The van der Waals surface area contributed by atoms with Gasteiger partial charge in [-0.05, 0) is 50.5 Å². The molecule has 0 saturated heterocycles. The summed E-state index contributed by atoms with van der Waals surface area (Å²) in [7, 11) is 1.82. The number of aliphatic hydroxyl groups is 1. The number of aliphatic hydroxyl groups excluding tert-OH is 1. The third kappa shape index (κ3) is 4.10. The van der Waals surface area contributed by atoms with Crippen LogP contribution in [0, 0.1) is 19.8 Å². The Morgan fingerprint density at radius 3 is 2.56 bits per heavy atom. The zero-order valence-corrected chi connectivity index (χ0v) is 15.3. The van der Waals surface area contributed by atoms with Gasteiger partial charge in [0.1, 0.15) is 0 Å². The van der Waals surface area contributed by atoms with E-state index in [-0.39, 0.29) is 17.9 Å². The largest absolute Gasteiger partial charge is 0.393 e. The zero-order chi connectivity index (χ0) is 18.0. The maximum Gasteiger partial charge on any atom is 0.253 e. The Morgan fingerprint density at radius 2 is 2.00 bits per heavy atom. The standard InChI is InChI=1S/C20H27N3O2/c1-14-11-15(2)23(21-14)12-16-7-9-17(10-8-16)20(25)22(3)13-18-5-4-6-19(18)24/h7-11,18-19,24H,4-6,12-13H2,1-3H3. The lowest BCUT2D eigenvalue weighted by atomic mass is 10.0. The predicted molar refractivity (Wildman–Crippen MR) is 97.6 cm³/mol. The summed E-state index contributed by atoms with van der Waals surface area (Å²) in [6.45, 7) is 5.36. The number of carbonyl (C=O) groups is 1. The van der Waals surface area contributed by atoms with E-state index in [0.717, 1.165) is 36.2 Å². The normalized spacial score (nSPS) is 20.0. The number of hydrogen-bond acceptors (Lipinski definition) is 3. The van der Waals surface area contributed by atoms with Crippen molar-refractivity contribution in [2.45, 2.75) is 45.8 Å². The highest BCUT2D eigenvalue weighted by Crippen LogP contribution is 2.26. The number of amides is 1. The van der Waals surface area contributed by atoms with E-state index in [9.17, 15) is 9.90 Å². The molecule has 1 N–H and O–H groups in total. The van der Waals surface area contributed by atoms with Crippen LogP contribution in [0.25, 0.3) is 0 Å². The average Bonchev–Trinajstić information content (AvgIpc) is 3.12. The van der Waals surface area contributed by atoms with Crippen molar-refractivity contribution < 1.29 is 9.90 Å². The molecule has 1 aliphatic carbocycles. The van der Waals surface area contributed by atoms with Crippen molar-refractivity contribution in [3.63, 3.8) is 0 Å². The molecular formula is C20H27N3O2. The third-order valence-corrected chi connectivity index (χ3v) is 5.11. The number of carbonyl (C=O) groups excluding carboxylic acids is 1. The summed E-state index contributed by atoms with van der Waals surface area (Å²) in [5, 5.41) is 14.4. The number of nitrogens with zero attached hydrogens (tertiary/aromatic N) is 3. The van der Waals surface area contributed by atoms with E-state index in [4.69, 9.17) is 0 Å². The molecule has 5 nitrogen and oxygen atoms in total. The van der Waals surface area contributed by atoms with Gasteiger partial charge in [-0.25, -0.2) is 0 Å². The number of benzene rings is 1. The first kappa shape index (κ1) is 17.7. The summed E-state index contributed by atoms with van der Waals surface area (Å²) in [4.78, 5) is 14.3. The lowest BCUT2D eigenvalue weighted by Gasteiger charge is -2.23. The third-order valence-electron chi connectivity index (χ3n) is 5.11. The Kier molecular flexibility index (Phi) is 5.23. The molecule has 1 aliphatic rings. The van der Waals surface area contributed by atoms with Gasteiger partial charge in [-0.2, -0.15) is 5.10 Å². The summed E-state index contributed by atoms with van der Waals surface area (Å²) in [5.41, 5.74) is 3.95. The molecule has 1 fully saturated rings. The number of hydrogen-bond donors (Lipinski definition) is 1. The van der Waals surface area contributed by atoms with E-state index in [1.165, 1.54) is 0 Å². The fourth-order valence-corrected chi connectivity index (χ4v) is 3.65. The van der Waals surface area contributed by atoms with Gasteiger partial charge in [0, 0.05) is 30.8 Å². The minimum Gasteiger partial charge on any atom is -0.393 e. The summed E-state index contributed by atoms with van der Waals surface area (Å²) in [5.74, 6) is 0.219. The van der Waals surface area contributed by atoms with Gasteiger partial charge in [-0.15, -0.1) is 0 Å². The second-order valence-corrected chi connectivity index (χ2v) is 7.23. The van der Waals surface area contributed by atoms with E-state index in [1.807, 2.05) is 49.8 Å². The molecule has 0 bridgehead atoms. The lowest BCUT2D eigenvalue weighted by Crippen LogP contribution is -2.34. The molecule has 0 aliphatic heterocycles. The van der Waals surface area contributed by atoms with Crippen LogP contribution in [0.15, 0.2) is 30.3 Å². The maximum absolute atomic E-state index is 12.6. The summed E-state index contributed by atoms with van der Waals surface area (Å²) >= 11 is 0. The Bertz CT molecular complexity index is 736. The highest BCUT2D eigenvalue weighted by atomic mass is 16.3. The SMILES string of the molecule is Cc1cc(C)n(Cc2ccc(C(=O)N(C)CC3CCCC3O)cc2)n1. The molecule has 1 amide bonds. The van der Waals surface area contributed by atoms with Gasteiger partial charge in [-0.3, -0.25) is 9.48 Å². The lowest BCUT2D eigenvalue weighted by molar-refractivity contribution is 0.0693. The minimum absolute atomic E-state index is 0.0109. The first-order valence-corrected chi connectivity index (χ1v) is 8.97. The van der Waals surface area contributed by atoms with Gasteiger partial charge in [-0.1, -0.05) is 18.6 Å². The molecule has 1 saturated carbocycles. The first-order valence-electron chi connectivity index (χ1n) is 8.97. The van der Waals surface area contributed by atoms with Gasteiger partial charge in [0.2, 0.25) is 0 Å². The molecule has 134 valence electrons. The van der Waals surface area contributed by atoms with Crippen molar-refractivity contribution in [1.82, 2.24) is 14.7 Å². The summed E-state index contributed by atoms with van der Waals surface area (Å²) in [6.07, 6.45) is 2.64. The van der Waals surface area contributed by atoms with Crippen LogP contribution in [0.5, 0.6) is 0 Å². The molecular weight excluding hydrogens is 314 g/mol. The monoisotopic (exact) mass is 341 g/mol. The molecule has 3 rings (SSSR count). The minimum atomic E-state index is -0.265. The van der Waals surface area contributed by atoms with E-state index in [2.05, 4.69) is 11.2 Å². The summed E-state index contributed by atoms with van der Waals surface area (Å²) < 4.78 is 1.97. The topological polar surface area (TPSA) is 58.4 Å². The Balaban J connectivity index is 1.63. The second-order valence-electron chi connectivity index (χ2n) is 7.23. The van der Waals surface area contributed by atoms with Crippen molar-refractivity contribution in [1.29, 1.82) is 0 Å². The van der Waals surface area contributed by atoms with Crippen LogP contribution in [0.4, 0.5) is 0 Å². The van der Waals surface area contributed by atoms with Gasteiger partial charge in [0.25, 0.3) is 5.91 Å². The predicted octanol–water partition coefficient (Wildman–Crippen LogP) is 2.78. The molecule has 5 heteroatoms. The molecule has 0 radical (unpaired) electrons. The van der Waals surface area contributed by atoms with Crippen LogP contribution in [-0.4, -0.2) is 45.4 Å². The van der Waals surface area contributed by atoms with Crippen LogP contribution in [0.3, 0.4) is 0 Å². The smallest absolute Gasteiger partial charge is 0.253 e.